The minimum absolute atomic E-state index is 0.490. The number of ether oxygens (including phenoxy) is 1. The highest BCUT2D eigenvalue weighted by Crippen LogP contribution is 2.32. The summed E-state index contributed by atoms with van der Waals surface area (Å²) in [5, 5.41) is 1.11. The van der Waals surface area contributed by atoms with Crippen LogP contribution in [0.1, 0.15) is 11.1 Å². The highest BCUT2D eigenvalue weighted by molar-refractivity contribution is 6.34. The first kappa shape index (κ1) is 13.5. The third-order valence-corrected chi connectivity index (χ3v) is 3.41. The first-order valence-corrected chi connectivity index (χ1v) is 6.67. The average molecular weight is 302 g/mol. The van der Waals surface area contributed by atoms with E-state index >= 15 is 0 Å². The van der Waals surface area contributed by atoms with Crippen LogP contribution in [0.2, 0.25) is 10.0 Å². The maximum Gasteiger partial charge on any atom is 0.147 e. The summed E-state index contributed by atoms with van der Waals surface area (Å²) in [6.45, 7) is 1.99. The number of rotatable bonds is 3. The van der Waals surface area contributed by atoms with Gasteiger partial charge in [-0.05, 0) is 42.3 Å². The molecule has 94 valence electrons. The smallest absolute Gasteiger partial charge is 0.147 e. The highest BCUT2D eigenvalue weighted by atomic mass is 35.5. The van der Waals surface area contributed by atoms with E-state index in [2.05, 4.69) is 0 Å². The predicted octanol–water partition coefficient (Wildman–Crippen LogP) is 5.83. The Bertz CT molecular complexity index is 567. The van der Waals surface area contributed by atoms with E-state index in [0.717, 1.165) is 11.1 Å². The minimum atomic E-state index is 0.490. The molecular weight excluding hydrogens is 291 g/mol. The number of hydrogen-bond donors (Lipinski definition) is 0. The van der Waals surface area contributed by atoms with Crippen molar-refractivity contribution in [2.75, 3.05) is 0 Å². The second-order valence-electron chi connectivity index (χ2n) is 3.90. The molecule has 4 heteroatoms. The largest absolute Gasteiger partial charge is 0.456 e. The molecule has 0 N–H and O–H groups in total. The van der Waals surface area contributed by atoms with Crippen molar-refractivity contribution in [1.29, 1.82) is 0 Å². The molecule has 0 atom stereocenters. The van der Waals surface area contributed by atoms with Gasteiger partial charge in [-0.2, -0.15) is 0 Å². The lowest BCUT2D eigenvalue weighted by molar-refractivity contribution is 0.482. The Morgan fingerprint density at radius 2 is 1.83 bits per heavy atom. The zero-order valence-electron chi connectivity index (χ0n) is 9.71. The molecule has 0 fully saturated rings. The first-order chi connectivity index (χ1) is 8.60. The van der Waals surface area contributed by atoms with Gasteiger partial charge in [-0.1, -0.05) is 29.3 Å². The SMILES string of the molecule is Cc1cc(Oc2cc(Cl)ccc2Cl)ccc1CCl. The summed E-state index contributed by atoms with van der Waals surface area (Å²) in [5.74, 6) is 1.75. The van der Waals surface area contributed by atoms with E-state index in [9.17, 15) is 0 Å². The maximum atomic E-state index is 6.04. The van der Waals surface area contributed by atoms with Crippen LogP contribution in [0.25, 0.3) is 0 Å². The zero-order valence-corrected chi connectivity index (χ0v) is 12.0. The van der Waals surface area contributed by atoms with Crippen LogP contribution >= 0.6 is 34.8 Å². The lowest BCUT2D eigenvalue weighted by Gasteiger charge is -2.10. The Hall–Kier alpha value is -0.890. The summed E-state index contributed by atoms with van der Waals surface area (Å²) in [7, 11) is 0. The Morgan fingerprint density at radius 3 is 2.50 bits per heavy atom. The summed E-state index contributed by atoms with van der Waals surface area (Å²) in [6, 6.07) is 10.8. The molecule has 0 amide bonds. The van der Waals surface area contributed by atoms with Crippen LogP contribution in [-0.4, -0.2) is 0 Å². The highest BCUT2D eigenvalue weighted by Gasteiger charge is 2.05. The Labute approximate surface area is 121 Å². The molecule has 0 aliphatic carbocycles. The molecule has 0 unspecified atom stereocenters. The van der Waals surface area contributed by atoms with Crippen LogP contribution in [0, 0.1) is 6.92 Å². The number of hydrogen-bond acceptors (Lipinski definition) is 1. The molecule has 18 heavy (non-hydrogen) atoms. The van der Waals surface area contributed by atoms with E-state index in [4.69, 9.17) is 39.5 Å². The quantitative estimate of drug-likeness (QED) is 0.648. The molecule has 0 aromatic heterocycles. The molecule has 0 saturated heterocycles. The molecule has 0 radical (unpaired) electrons. The molecule has 0 bridgehead atoms. The van der Waals surface area contributed by atoms with E-state index in [1.165, 1.54) is 0 Å². The summed E-state index contributed by atoms with van der Waals surface area (Å²) < 4.78 is 5.71. The summed E-state index contributed by atoms with van der Waals surface area (Å²) in [5.41, 5.74) is 2.17. The topological polar surface area (TPSA) is 9.23 Å². The van der Waals surface area contributed by atoms with Crippen molar-refractivity contribution >= 4 is 34.8 Å². The van der Waals surface area contributed by atoms with Crippen LogP contribution < -0.4 is 4.74 Å². The maximum absolute atomic E-state index is 6.04. The average Bonchev–Trinajstić information content (AvgIpc) is 2.34. The molecule has 0 spiro atoms. The van der Waals surface area contributed by atoms with Crippen LogP contribution in [-0.2, 0) is 5.88 Å². The molecule has 2 aromatic carbocycles. The van der Waals surface area contributed by atoms with Gasteiger partial charge in [-0.15, -0.1) is 11.6 Å². The van der Waals surface area contributed by atoms with Crippen LogP contribution in [0.15, 0.2) is 36.4 Å². The van der Waals surface area contributed by atoms with Crippen LogP contribution in [0.5, 0.6) is 11.5 Å². The zero-order chi connectivity index (χ0) is 13.1. The first-order valence-electron chi connectivity index (χ1n) is 5.38. The molecule has 0 heterocycles. The second-order valence-corrected chi connectivity index (χ2v) is 5.01. The summed E-state index contributed by atoms with van der Waals surface area (Å²) >= 11 is 17.8. The minimum Gasteiger partial charge on any atom is -0.456 e. The molecular formula is C14H11Cl3O. The van der Waals surface area contributed by atoms with Crippen molar-refractivity contribution in [2.24, 2.45) is 0 Å². The molecule has 0 aliphatic rings. The fourth-order valence-electron chi connectivity index (χ4n) is 1.56. The number of halogens is 3. The Kier molecular flexibility index (Phi) is 4.39. The van der Waals surface area contributed by atoms with Crippen molar-refractivity contribution < 1.29 is 4.74 Å². The normalized spacial score (nSPS) is 10.4. The van der Waals surface area contributed by atoms with Gasteiger partial charge in [0, 0.05) is 17.0 Å². The van der Waals surface area contributed by atoms with Crippen molar-refractivity contribution in [3.63, 3.8) is 0 Å². The van der Waals surface area contributed by atoms with E-state index in [1.54, 1.807) is 18.2 Å². The molecule has 1 nitrogen and oxygen atoms in total. The van der Waals surface area contributed by atoms with Crippen LogP contribution in [0.4, 0.5) is 0 Å². The molecule has 2 aromatic rings. The molecule has 0 saturated carbocycles. The molecule has 2 rings (SSSR count). The standard InChI is InChI=1S/C14H11Cl3O/c1-9-6-12(4-2-10(9)8-15)18-14-7-11(16)3-5-13(14)17/h2-7H,8H2,1H3. The van der Waals surface area contributed by atoms with Crippen molar-refractivity contribution in [3.8, 4) is 11.5 Å². The lowest BCUT2D eigenvalue weighted by Crippen LogP contribution is -1.89. The van der Waals surface area contributed by atoms with E-state index in [1.807, 2.05) is 25.1 Å². The fraction of sp³-hybridized carbons (Fsp3) is 0.143. The van der Waals surface area contributed by atoms with E-state index in [0.29, 0.717) is 27.4 Å². The fourth-order valence-corrected chi connectivity index (χ4v) is 2.18. The van der Waals surface area contributed by atoms with Crippen molar-refractivity contribution in [2.45, 2.75) is 12.8 Å². The van der Waals surface area contributed by atoms with Crippen molar-refractivity contribution in [1.82, 2.24) is 0 Å². The molecule has 0 aliphatic heterocycles. The Balaban J connectivity index is 2.28. The third-order valence-electron chi connectivity index (χ3n) is 2.58. The number of aryl methyl sites for hydroxylation is 1. The van der Waals surface area contributed by atoms with Gasteiger partial charge in [0.05, 0.1) is 5.02 Å². The second kappa shape index (κ2) is 5.83. The van der Waals surface area contributed by atoms with Crippen LogP contribution in [0.3, 0.4) is 0 Å². The number of alkyl halides is 1. The lowest BCUT2D eigenvalue weighted by atomic mass is 10.1. The van der Waals surface area contributed by atoms with Gasteiger partial charge >= 0.3 is 0 Å². The van der Waals surface area contributed by atoms with Gasteiger partial charge in [-0.3, -0.25) is 0 Å². The van der Waals surface area contributed by atoms with E-state index in [-0.39, 0.29) is 0 Å². The van der Waals surface area contributed by atoms with Gasteiger partial charge in [0.15, 0.2) is 0 Å². The predicted molar refractivity (Wildman–Crippen MR) is 77.3 cm³/mol. The van der Waals surface area contributed by atoms with Gasteiger partial charge in [0.2, 0.25) is 0 Å². The van der Waals surface area contributed by atoms with Crippen molar-refractivity contribution in [3.05, 3.63) is 57.6 Å². The monoisotopic (exact) mass is 300 g/mol. The van der Waals surface area contributed by atoms with Gasteiger partial charge in [0.1, 0.15) is 11.5 Å². The Morgan fingerprint density at radius 1 is 1.06 bits per heavy atom. The number of benzene rings is 2. The van der Waals surface area contributed by atoms with Gasteiger partial charge < -0.3 is 4.74 Å². The third kappa shape index (κ3) is 3.11. The summed E-state index contributed by atoms with van der Waals surface area (Å²) in [4.78, 5) is 0. The van der Waals surface area contributed by atoms with E-state index < -0.39 is 0 Å². The summed E-state index contributed by atoms with van der Waals surface area (Å²) in [6.07, 6.45) is 0. The van der Waals surface area contributed by atoms with Gasteiger partial charge in [-0.25, -0.2) is 0 Å². The van der Waals surface area contributed by atoms with Gasteiger partial charge in [0.25, 0.3) is 0 Å².